The Morgan fingerprint density at radius 2 is 2.12 bits per heavy atom. The van der Waals surface area contributed by atoms with Gasteiger partial charge >= 0.3 is 0 Å². The monoisotopic (exact) mass is 378 g/mol. The van der Waals surface area contributed by atoms with Crippen LogP contribution >= 0.6 is 12.2 Å². The van der Waals surface area contributed by atoms with Crippen LogP contribution in [-0.4, -0.2) is 38.7 Å². The number of carbonyl (C=O) groups is 1. The highest BCUT2D eigenvalue weighted by Gasteiger charge is 2.12. The Morgan fingerprint density at radius 1 is 1.38 bits per heavy atom. The Bertz CT molecular complexity index is 829. The van der Waals surface area contributed by atoms with E-state index in [-0.39, 0.29) is 24.1 Å². The van der Waals surface area contributed by atoms with Crippen molar-refractivity contribution >= 4 is 29.5 Å². The van der Waals surface area contributed by atoms with Crippen LogP contribution in [0.5, 0.6) is 0 Å². The van der Waals surface area contributed by atoms with Gasteiger partial charge in [-0.1, -0.05) is 12.1 Å². The zero-order valence-corrected chi connectivity index (χ0v) is 15.5. The number of hydrogen-bond acceptors (Lipinski definition) is 6. The number of anilines is 1. The molecule has 1 aromatic heterocycles. The highest BCUT2D eigenvalue weighted by atomic mass is 32.1. The quantitative estimate of drug-likeness (QED) is 0.351. The van der Waals surface area contributed by atoms with Gasteiger partial charge in [0.05, 0.1) is 4.92 Å². The fourth-order valence-electron chi connectivity index (χ4n) is 2.54. The zero-order chi connectivity index (χ0) is 19.1. The summed E-state index contributed by atoms with van der Waals surface area (Å²) in [5.74, 6) is 0.657. The molecule has 0 fully saturated rings. The topological polar surface area (TPSA) is 118 Å². The van der Waals surface area contributed by atoms with Crippen molar-refractivity contribution in [3.63, 3.8) is 0 Å². The van der Waals surface area contributed by atoms with Gasteiger partial charge in [0.2, 0.25) is 5.91 Å². The second kappa shape index (κ2) is 9.09. The number of carbonyl (C=O) groups excluding carboxylic acids is 1. The molecule has 26 heavy (non-hydrogen) atoms. The van der Waals surface area contributed by atoms with Gasteiger partial charge in [-0.05, 0) is 32.1 Å². The van der Waals surface area contributed by atoms with Crippen LogP contribution in [0.25, 0.3) is 0 Å². The van der Waals surface area contributed by atoms with Crippen molar-refractivity contribution < 1.29 is 9.72 Å². The first-order valence-electron chi connectivity index (χ1n) is 8.30. The number of aromatic nitrogens is 3. The smallest absolute Gasteiger partial charge is 0.292 e. The molecule has 140 valence electrons. The number of nitro benzene ring substituents is 1. The van der Waals surface area contributed by atoms with Crippen molar-refractivity contribution in [3.05, 3.63) is 45.0 Å². The van der Waals surface area contributed by atoms with Crippen molar-refractivity contribution in [1.29, 1.82) is 0 Å². The lowest BCUT2D eigenvalue weighted by atomic mass is 10.2. The van der Waals surface area contributed by atoms with E-state index in [1.54, 1.807) is 18.2 Å². The number of para-hydroxylation sites is 2. The number of nitrogens with one attached hydrogen (secondary N) is 3. The van der Waals surface area contributed by atoms with E-state index in [1.165, 1.54) is 6.07 Å². The fraction of sp³-hybridized carbons (Fsp3) is 0.438. The molecular formula is C16H22N6O3S. The normalized spacial score (nSPS) is 10.7. The number of nitrogens with zero attached hydrogens (tertiary/aromatic N) is 3. The lowest BCUT2D eigenvalue weighted by molar-refractivity contribution is -0.384. The van der Waals surface area contributed by atoms with E-state index in [9.17, 15) is 14.9 Å². The molecule has 0 aliphatic rings. The molecule has 3 N–H and O–H groups in total. The highest BCUT2D eigenvalue weighted by Crippen LogP contribution is 2.22. The van der Waals surface area contributed by atoms with Gasteiger partial charge in [0, 0.05) is 38.0 Å². The number of benzene rings is 1. The summed E-state index contributed by atoms with van der Waals surface area (Å²) in [4.78, 5) is 22.4. The molecule has 0 aliphatic heterocycles. The minimum Gasteiger partial charge on any atom is -0.379 e. The van der Waals surface area contributed by atoms with Gasteiger partial charge in [-0.25, -0.2) is 0 Å². The lowest BCUT2D eigenvalue weighted by Gasteiger charge is -2.11. The second-order valence-corrected chi connectivity index (χ2v) is 6.35. The van der Waals surface area contributed by atoms with Gasteiger partial charge < -0.3 is 15.2 Å². The molecule has 1 amide bonds. The van der Waals surface area contributed by atoms with E-state index in [0.717, 1.165) is 5.82 Å². The Kier molecular flexibility index (Phi) is 6.84. The first kappa shape index (κ1) is 19.6. The van der Waals surface area contributed by atoms with Crippen LogP contribution in [0.15, 0.2) is 24.3 Å². The van der Waals surface area contributed by atoms with Gasteiger partial charge in [-0.15, -0.1) is 0 Å². The van der Waals surface area contributed by atoms with Crippen LogP contribution in [0.2, 0.25) is 0 Å². The Labute approximate surface area is 156 Å². The Morgan fingerprint density at radius 3 is 2.81 bits per heavy atom. The number of nitro groups is 1. The van der Waals surface area contributed by atoms with Crippen LogP contribution in [0.3, 0.4) is 0 Å². The van der Waals surface area contributed by atoms with E-state index in [0.29, 0.717) is 30.0 Å². The summed E-state index contributed by atoms with van der Waals surface area (Å²) in [5, 5.41) is 23.6. The molecule has 0 spiro atoms. The van der Waals surface area contributed by atoms with Gasteiger partial charge in [-0.2, -0.15) is 5.10 Å². The van der Waals surface area contributed by atoms with Crippen LogP contribution < -0.4 is 10.6 Å². The van der Waals surface area contributed by atoms with Crippen LogP contribution in [-0.2, 0) is 11.2 Å². The molecule has 0 bridgehead atoms. The van der Waals surface area contributed by atoms with Crippen LogP contribution in [0.4, 0.5) is 11.4 Å². The molecule has 1 heterocycles. The molecule has 2 rings (SSSR count). The average molecular weight is 378 g/mol. The van der Waals surface area contributed by atoms with Crippen molar-refractivity contribution in [1.82, 2.24) is 20.1 Å². The second-order valence-electron chi connectivity index (χ2n) is 5.96. The van der Waals surface area contributed by atoms with Crippen LogP contribution in [0, 0.1) is 14.9 Å². The maximum absolute atomic E-state index is 11.9. The minimum atomic E-state index is -0.455. The summed E-state index contributed by atoms with van der Waals surface area (Å²) >= 11 is 5.19. The van der Waals surface area contributed by atoms with Crippen molar-refractivity contribution in [2.45, 2.75) is 32.7 Å². The van der Waals surface area contributed by atoms with E-state index in [1.807, 2.05) is 18.4 Å². The van der Waals surface area contributed by atoms with E-state index in [4.69, 9.17) is 12.2 Å². The van der Waals surface area contributed by atoms with Crippen molar-refractivity contribution in [3.8, 4) is 0 Å². The lowest BCUT2D eigenvalue weighted by Crippen LogP contribution is -2.28. The molecule has 9 nitrogen and oxygen atoms in total. The zero-order valence-electron chi connectivity index (χ0n) is 14.7. The van der Waals surface area contributed by atoms with Gasteiger partial charge in [-0.3, -0.25) is 20.0 Å². The molecule has 0 radical (unpaired) electrons. The molecule has 0 saturated heterocycles. The molecule has 0 saturated carbocycles. The number of aromatic amines is 1. The van der Waals surface area contributed by atoms with Gasteiger partial charge in [0.15, 0.2) is 4.77 Å². The largest absolute Gasteiger partial charge is 0.379 e. The Hall–Kier alpha value is -2.75. The molecule has 0 unspecified atom stereocenters. The number of hydrogen-bond donors (Lipinski definition) is 3. The summed E-state index contributed by atoms with van der Waals surface area (Å²) < 4.78 is 2.48. The van der Waals surface area contributed by atoms with Gasteiger partial charge in [0.25, 0.3) is 5.69 Å². The SMILES string of the molecule is CC(C)n1c(CCNC(=O)CCNc2ccccc2[N+](=O)[O-])n[nH]c1=S. The van der Waals surface area contributed by atoms with Crippen LogP contribution in [0.1, 0.15) is 32.1 Å². The molecule has 1 aromatic carbocycles. The predicted octanol–water partition coefficient (Wildman–Crippen LogP) is 2.59. The summed E-state index contributed by atoms with van der Waals surface area (Å²) in [6.07, 6.45) is 0.776. The molecule has 2 aromatic rings. The summed E-state index contributed by atoms with van der Waals surface area (Å²) in [5.41, 5.74) is 0.391. The highest BCUT2D eigenvalue weighted by molar-refractivity contribution is 7.71. The molecule has 10 heteroatoms. The Balaban J connectivity index is 1.77. The molecule has 0 atom stereocenters. The fourth-order valence-corrected chi connectivity index (χ4v) is 2.90. The number of rotatable bonds is 9. The minimum absolute atomic E-state index is 0.00982. The number of amides is 1. The van der Waals surface area contributed by atoms with E-state index >= 15 is 0 Å². The standard InChI is InChI=1S/C16H22N6O3S/c1-11(2)21-14(19-20-16(21)26)7-9-18-15(23)8-10-17-12-5-3-4-6-13(12)22(24)25/h3-6,11,17H,7-10H2,1-2H3,(H,18,23)(H,20,26). The first-order valence-corrected chi connectivity index (χ1v) is 8.70. The maximum Gasteiger partial charge on any atom is 0.292 e. The van der Waals surface area contributed by atoms with E-state index < -0.39 is 4.92 Å². The van der Waals surface area contributed by atoms with Gasteiger partial charge in [0.1, 0.15) is 11.5 Å². The molecule has 0 aliphatic carbocycles. The summed E-state index contributed by atoms with van der Waals surface area (Å²) in [7, 11) is 0. The third-order valence-electron chi connectivity index (χ3n) is 3.73. The molecular weight excluding hydrogens is 356 g/mol. The van der Waals surface area contributed by atoms with Crippen molar-refractivity contribution in [2.24, 2.45) is 0 Å². The predicted molar refractivity (Wildman–Crippen MR) is 101 cm³/mol. The average Bonchev–Trinajstić information content (AvgIpc) is 2.96. The van der Waals surface area contributed by atoms with E-state index in [2.05, 4.69) is 20.8 Å². The third-order valence-corrected chi connectivity index (χ3v) is 4.02. The van der Waals surface area contributed by atoms with Crippen molar-refractivity contribution in [2.75, 3.05) is 18.4 Å². The summed E-state index contributed by atoms with van der Waals surface area (Å²) in [6, 6.07) is 6.53. The number of H-pyrrole nitrogens is 1. The summed E-state index contributed by atoms with van der Waals surface area (Å²) in [6.45, 7) is 4.78. The maximum atomic E-state index is 11.9. The first-order chi connectivity index (χ1) is 12.4. The third kappa shape index (κ3) is 5.12.